The molecule has 1 unspecified atom stereocenters. The third kappa shape index (κ3) is 4.00. The van der Waals surface area contributed by atoms with Gasteiger partial charge in [0.15, 0.2) is 5.01 Å². The maximum absolute atomic E-state index is 11.5. The van der Waals surface area contributed by atoms with Crippen LogP contribution in [0.5, 0.6) is 0 Å². The lowest BCUT2D eigenvalue weighted by atomic mass is 10.0. The van der Waals surface area contributed by atoms with Crippen LogP contribution in [0.2, 0.25) is 0 Å². The van der Waals surface area contributed by atoms with Crippen molar-refractivity contribution in [1.82, 2.24) is 20.5 Å². The smallest absolute Gasteiger partial charge is 0.217 e. The molecule has 1 N–H and O–H groups in total. The molecule has 0 fully saturated rings. The topological polar surface area (TPSA) is 67.8 Å². The summed E-state index contributed by atoms with van der Waals surface area (Å²) in [4.78, 5) is 16.6. The molecule has 0 radical (unpaired) electrons. The van der Waals surface area contributed by atoms with Crippen LogP contribution in [-0.4, -0.2) is 21.1 Å². The molecule has 5 nitrogen and oxygen atoms in total. The summed E-state index contributed by atoms with van der Waals surface area (Å²) in [5.41, 5.74) is 4.14. The van der Waals surface area contributed by atoms with Crippen LogP contribution in [0.25, 0.3) is 9.88 Å². The number of nitrogens with zero attached hydrogens (tertiary/aromatic N) is 3. The predicted octanol–water partition coefficient (Wildman–Crippen LogP) is 3.39. The van der Waals surface area contributed by atoms with Gasteiger partial charge in [-0.15, -0.1) is 21.5 Å². The monoisotopic (exact) mass is 344 g/mol. The Labute approximate surface area is 142 Å². The summed E-state index contributed by atoms with van der Waals surface area (Å²) in [6, 6.07) is 8.13. The lowest BCUT2D eigenvalue weighted by molar-refractivity contribution is -0.119. The van der Waals surface area contributed by atoms with Crippen molar-refractivity contribution in [2.75, 3.05) is 0 Å². The van der Waals surface area contributed by atoms with Crippen LogP contribution in [-0.2, 0) is 11.2 Å². The largest absolute Gasteiger partial charge is 0.347 e. The fourth-order valence-corrected chi connectivity index (χ4v) is 3.77. The summed E-state index contributed by atoms with van der Waals surface area (Å²) in [7, 11) is 0. The van der Waals surface area contributed by atoms with Crippen molar-refractivity contribution in [2.24, 2.45) is 0 Å². The van der Waals surface area contributed by atoms with Crippen LogP contribution in [0.4, 0.5) is 0 Å². The van der Waals surface area contributed by atoms with E-state index < -0.39 is 0 Å². The summed E-state index contributed by atoms with van der Waals surface area (Å²) in [6.45, 7) is 3.58. The second-order valence-corrected chi connectivity index (χ2v) is 7.15. The molecular weight excluding hydrogens is 328 g/mol. The molecule has 23 heavy (non-hydrogen) atoms. The molecule has 2 aromatic heterocycles. The summed E-state index contributed by atoms with van der Waals surface area (Å²) in [5, 5.41) is 13.1. The summed E-state index contributed by atoms with van der Waals surface area (Å²) >= 11 is 3.03. The van der Waals surface area contributed by atoms with E-state index in [9.17, 15) is 4.79 Å². The predicted molar refractivity (Wildman–Crippen MR) is 92.5 cm³/mol. The molecule has 3 rings (SSSR count). The molecule has 0 aliphatic carbocycles. The Balaban J connectivity index is 1.84. The number of aryl methyl sites for hydroxylation is 1. The third-order valence-corrected chi connectivity index (χ3v) is 5.30. The van der Waals surface area contributed by atoms with E-state index in [0.29, 0.717) is 6.42 Å². The van der Waals surface area contributed by atoms with Crippen molar-refractivity contribution in [2.45, 2.75) is 26.3 Å². The zero-order valence-electron chi connectivity index (χ0n) is 12.8. The number of hydrogen-bond acceptors (Lipinski definition) is 6. The van der Waals surface area contributed by atoms with Gasteiger partial charge in [-0.05, 0) is 18.9 Å². The minimum atomic E-state index is -0.172. The van der Waals surface area contributed by atoms with Crippen molar-refractivity contribution >= 4 is 28.6 Å². The lowest BCUT2D eigenvalue weighted by Crippen LogP contribution is -2.27. The number of carbonyl (C=O) groups is 1. The number of rotatable bonds is 5. The van der Waals surface area contributed by atoms with Gasteiger partial charge in [0, 0.05) is 13.1 Å². The Bertz CT molecular complexity index is 781. The lowest BCUT2D eigenvalue weighted by Gasteiger charge is -2.15. The average Bonchev–Trinajstić information content (AvgIpc) is 3.19. The van der Waals surface area contributed by atoms with E-state index in [2.05, 4.69) is 51.7 Å². The Hall–Kier alpha value is -2.12. The maximum Gasteiger partial charge on any atom is 0.217 e. The molecule has 7 heteroatoms. The Morgan fingerprint density at radius 1 is 1.26 bits per heavy atom. The van der Waals surface area contributed by atoms with Gasteiger partial charge in [0.1, 0.15) is 5.01 Å². The first kappa shape index (κ1) is 15.8. The molecule has 0 aliphatic rings. The van der Waals surface area contributed by atoms with Crippen molar-refractivity contribution < 1.29 is 4.79 Å². The highest BCUT2D eigenvalue weighted by molar-refractivity contribution is 7.20. The van der Waals surface area contributed by atoms with Crippen LogP contribution in [0, 0.1) is 6.92 Å². The highest BCUT2D eigenvalue weighted by atomic mass is 32.1. The van der Waals surface area contributed by atoms with E-state index in [1.165, 1.54) is 35.2 Å². The van der Waals surface area contributed by atoms with Crippen molar-refractivity contribution in [3.63, 3.8) is 0 Å². The maximum atomic E-state index is 11.5. The first-order chi connectivity index (χ1) is 11.1. The number of amides is 1. The first-order valence-corrected chi connectivity index (χ1v) is 8.86. The van der Waals surface area contributed by atoms with E-state index in [0.717, 1.165) is 20.5 Å². The van der Waals surface area contributed by atoms with Gasteiger partial charge in [-0.25, -0.2) is 0 Å². The highest BCUT2D eigenvalue weighted by Crippen LogP contribution is 2.30. The van der Waals surface area contributed by atoms with Gasteiger partial charge in [0.2, 0.25) is 5.91 Å². The number of hydrogen-bond donors (Lipinski definition) is 1. The molecule has 1 amide bonds. The molecule has 1 atom stereocenters. The molecule has 118 valence electrons. The average molecular weight is 344 g/mol. The van der Waals surface area contributed by atoms with Crippen LogP contribution in [0.1, 0.15) is 29.1 Å². The second-order valence-electron chi connectivity index (χ2n) is 5.25. The van der Waals surface area contributed by atoms with Gasteiger partial charge >= 0.3 is 0 Å². The van der Waals surface area contributed by atoms with Crippen molar-refractivity contribution in [3.05, 3.63) is 52.1 Å². The molecule has 0 spiro atoms. The number of benzene rings is 1. The van der Waals surface area contributed by atoms with Gasteiger partial charge in [0.05, 0.1) is 16.4 Å². The summed E-state index contributed by atoms with van der Waals surface area (Å²) in [5.74, 6) is -0.0725. The number of thiazole rings is 1. The normalized spacial score (nSPS) is 12.1. The first-order valence-electron chi connectivity index (χ1n) is 7.17. The Morgan fingerprint density at radius 3 is 2.70 bits per heavy atom. The van der Waals surface area contributed by atoms with Gasteiger partial charge in [-0.3, -0.25) is 9.78 Å². The standard InChI is InChI=1S/C16H16N4OS2/c1-10-3-5-12(6-4-10)7-13(18-11(2)21)15-19-20-16(23-15)14-8-17-9-22-14/h3-6,8-9,13H,7H2,1-2H3,(H,18,21). The summed E-state index contributed by atoms with van der Waals surface area (Å²) in [6.07, 6.45) is 2.47. The third-order valence-electron chi connectivity index (χ3n) is 3.32. The minimum Gasteiger partial charge on any atom is -0.347 e. The Kier molecular flexibility index (Phi) is 4.78. The van der Waals surface area contributed by atoms with Gasteiger partial charge < -0.3 is 5.32 Å². The molecule has 1 aromatic carbocycles. The van der Waals surface area contributed by atoms with Crippen LogP contribution in [0.3, 0.4) is 0 Å². The van der Waals surface area contributed by atoms with Gasteiger partial charge in [-0.1, -0.05) is 41.2 Å². The molecule has 2 heterocycles. The fourth-order valence-electron chi connectivity index (χ4n) is 2.20. The van der Waals surface area contributed by atoms with Crippen LogP contribution in [0.15, 0.2) is 36.0 Å². The molecule has 0 bridgehead atoms. The molecule has 3 aromatic rings. The molecular formula is C16H16N4OS2. The quantitative estimate of drug-likeness (QED) is 0.770. The van der Waals surface area contributed by atoms with E-state index in [-0.39, 0.29) is 11.9 Å². The van der Waals surface area contributed by atoms with E-state index in [1.54, 1.807) is 11.7 Å². The molecule has 0 saturated carbocycles. The zero-order chi connectivity index (χ0) is 16.2. The van der Waals surface area contributed by atoms with Crippen LogP contribution < -0.4 is 5.32 Å². The zero-order valence-corrected chi connectivity index (χ0v) is 14.4. The van der Waals surface area contributed by atoms with Crippen molar-refractivity contribution in [3.8, 4) is 9.88 Å². The van der Waals surface area contributed by atoms with Crippen molar-refractivity contribution in [1.29, 1.82) is 0 Å². The fraction of sp³-hybridized carbons (Fsp3) is 0.250. The van der Waals surface area contributed by atoms with Gasteiger partial charge in [0.25, 0.3) is 0 Å². The molecule has 0 saturated heterocycles. The minimum absolute atomic E-state index is 0.0725. The molecule has 0 aliphatic heterocycles. The van der Waals surface area contributed by atoms with E-state index >= 15 is 0 Å². The second kappa shape index (κ2) is 6.97. The van der Waals surface area contributed by atoms with Gasteiger partial charge in [-0.2, -0.15) is 0 Å². The van der Waals surface area contributed by atoms with E-state index in [1.807, 2.05) is 0 Å². The number of nitrogens with one attached hydrogen (secondary N) is 1. The van der Waals surface area contributed by atoms with E-state index in [4.69, 9.17) is 0 Å². The number of aromatic nitrogens is 3. The number of carbonyl (C=O) groups excluding carboxylic acids is 1. The Morgan fingerprint density at radius 2 is 2.04 bits per heavy atom. The summed E-state index contributed by atoms with van der Waals surface area (Å²) < 4.78 is 0. The highest BCUT2D eigenvalue weighted by Gasteiger charge is 2.19. The van der Waals surface area contributed by atoms with Crippen LogP contribution >= 0.6 is 22.7 Å². The SMILES string of the molecule is CC(=O)NC(Cc1ccc(C)cc1)c1nnc(-c2cncs2)s1.